The van der Waals surface area contributed by atoms with Gasteiger partial charge in [-0.3, -0.25) is 0 Å². The molecule has 3 rings (SSSR count). The summed E-state index contributed by atoms with van der Waals surface area (Å²) in [6.45, 7) is 0.979. The molecule has 11 N–H and O–H groups in total. The average molecular weight is 455 g/mol. The van der Waals surface area contributed by atoms with E-state index in [1.54, 1.807) is 24.3 Å². The monoisotopic (exact) mass is 454 g/mol. The van der Waals surface area contributed by atoms with Gasteiger partial charge in [-0.25, -0.2) is 0 Å². The Bertz CT molecular complexity index is 645. The van der Waals surface area contributed by atoms with Crippen LogP contribution in [0.3, 0.4) is 0 Å². The summed E-state index contributed by atoms with van der Waals surface area (Å²) < 4.78 is 4.61. The van der Waals surface area contributed by atoms with E-state index in [1.807, 2.05) is 24.3 Å². The molecule has 0 radical (unpaired) electrons. The van der Waals surface area contributed by atoms with E-state index in [4.69, 9.17) is 37.0 Å². The molecule has 0 amide bonds. The van der Waals surface area contributed by atoms with Crippen molar-refractivity contribution in [1.82, 2.24) is 0 Å². The Morgan fingerprint density at radius 2 is 1.12 bits per heavy atom. The summed E-state index contributed by atoms with van der Waals surface area (Å²) in [7, 11) is 0. The Kier molecular flexibility index (Phi) is 15.6. The summed E-state index contributed by atoms with van der Waals surface area (Å²) in [5, 5.41) is 49.7. The molecule has 1 aliphatic rings. The fourth-order valence-electron chi connectivity index (χ4n) is 1.98. The second-order valence-electron chi connectivity index (χ2n) is 6.82. The molecule has 1 aliphatic heterocycles. The zero-order valence-electron chi connectivity index (χ0n) is 17.4. The first-order chi connectivity index (χ1) is 14.9. The van der Waals surface area contributed by atoms with E-state index >= 15 is 0 Å². The fourth-order valence-corrected chi connectivity index (χ4v) is 1.98. The average Bonchev–Trinajstić information content (AvgIpc) is 3.64. The minimum atomic E-state index is -0.775. The number of benzene rings is 2. The van der Waals surface area contributed by atoms with Crippen LogP contribution >= 0.6 is 0 Å². The van der Waals surface area contributed by atoms with E-state index in [-0.39, 0.29) is 46.4 Å². The van der Waals surface area contributed by atoms with E-state index in [2.05, 4.69) is 15.4 Å². The van der Waals surface area contributed by atoms with E-state index in [9.17, 15) is 0 Å². The molecule has 2 aromatic carbocycles. The van der Waals surface area contributed by atoms with E-state index in [1.165, 1.54) is 0 Å². The summed E-state index contributed by atoms with van der Waals surface area (Å²) >= 11 is 0. The molecule has 10 nitrogen and oxygen atoms in total. The zero-order valence-corrected chi connectivity index (χ0v) is 17.4. The number of aliphatic hydroxyl groups excluding tert-OH is 5. The summed E-state index contributed by atoms with van der Waals surface area (Å²) in [6, 6.07) is 14.4. The lowest BCUT2D eigenvalue weighted by Crippen LogP contribution is -2.23. The van der Waals surface area contributed by atoms with Crippen LogP contribution in [0.4, 0.5) is 22.7 Å². The molecule has 182 valence electrons. The molecule has 2 aromatic rings. The highest BCUT2D eigenvalue weighted by Crippen LogP contribution is 2.13. The fraction of sp³-hybridized carbons (Fsp3) is 0.455. The molecular weight excluding hydrogens is 416 g/mol. The first-order valence-electron chi connectivity index (χ1n) is 9.87. The first kappa shape index (κ1) is 29.4. The lowest BCUT2D eigenvalue weighted by molar-refractivity contribution is 0.105. The molecule has 0 aliphatic carbocycles. The number of anilines is 4. The van der Waals surface area contributed by atoms with E-state index < -0.39 is 12.2 Å². The van der Waals surface area contributed by atoms with Gasteiger partial charge in [-0.2, -0.15) is 0 Å². The maximum absolute atomic E-state index is 9.17. The molecule has 3 unspecified atom stereocenters. The number of aliphatic hydroxyl groups is 5. The van der Waals surface area contributed by atoms with Gasteiger partial charge in [0, 0.05) is 35.8 Å². The Labute approximate surface area is 189 Å². The third kappa shape index (κ3) is 14.4. The number of epoxide rings is 1. The van der Waals surface area contributed by atoms with Crippen LogP contribution < -0.4 is 22.1 Å². The highest BCUT2D eigenvalue weighted by Gasteiger charge is 2.19. The Balaban J connectivity index is 0.000000559. The standard InChI is InChI=1S/C12H20N2O4.C6H8N2.C3H6O2.CH4/c15-7-11(17)5-13-9-1-2-10(4-3-9)14-6-12(18)8-16;7-5-1-2-6(8)4-3-5;4-1-3-2-5-3;/h1-4,11-18H,5-8H2;1-4H,7-8H2;3-4H,1-2H2;1H4. The third-order valence-electron chi connectivity index (χ3n) is 3.93. The van der Waals surface area contributed by atoms with Gasteiger partial charge in [0.05, 0.1) is 38.6 Å². The van der Waals surface area contributed by atoms with Crippen molar-refractivity contribution in [3.8, 4) is 0 Å². The van der Waals surface area contributed by atoms with Crippen LogP contribution in [0.25, 0.3) is 0 Å². The third-order valence-corrected chi connectivity index (χ3v) is 3.93. The molecular formula is C22H38N4O6. The Hall–Kier alpha value is -2.60. The Morgan fingerprint density at radius 3 is 1.34 bits per heavy atom. The quantitative estimate of drug-likeness (QED) is 0.185. The number of nitrogens with one attached hydrogen (secondary N) is 2. The van der Waals surface area contributed by atoms with Gasteiger partial charge in [0.1, 0.15) is 6.10 Å². The van der Waals surface area contributed by atoms with E-state index in [0.717, 1.165) is 29.4 Å². The lowest BCUT2D eigenvalue weighted by atomic mass is 10.2. The van der Waals surface area contributed by atoms with Crippen molar-refractivity contribution in [2.45, 2.75) is 25.7 Å². The smallest absolute Gasteiger partial charge is 0.104 e. The number of hydrogen-bond donors (Lipinski definition) is 9. The van der Waals surface area contributed by atoms with Gasteiger partial charge < -0.3 is 52.4 Å². The van der Waals surface area contributed by atoms with Crippen molar-refractivity contribution in [2.24, 2.45) is 0 Å². The van der Waals surface area contributed by atoms with Gasteiger partial charge in [-0.05, 0) is 48.5 Å². The second-order valence-corrected chi connectivity index (χ2v) is 6.82. The Morgan fingerprint density at radius 1 is 0.781 bits per heavy atom. The zero-order chi connectivity index (χ0) is 23.1. The SMILES string of the molecule is C.Nc1ccc(N)cc1.OCC(O)CNc1ccc(NCC(O)CO)cc1.OCC1CO1. The number of hydrogen-bond acceptors (Lipinski definition) is 10. The van der Waals surface area contributed by atoms with Crippen LogP contribution in [-0.4, -0.2) is 83.4 Å². The van der Waals surface area contributed by atoms with Gasteiger partial charge in [0.25, 0.3) is 0 Å². The lowest BCUT2D eigenvalue weighted by Gasteiger charge is -2.12. The number of rotatable bonds is 9. The van der Waals surface area contributed by atoms with Crippen LogP contribution in [0.5, 0.6) is 0 Å². The highest BCUT2D eigenvalue weighted by molar-refractivity contribution is 5.53. The molecule has 0 bridgehead atoms. The molecule has 0 aromatic heterocycles. The highest BCUT2D eigenvalue weighted by atomic mass is 16.6. The van der Waals surface area contributed by atoms with Crippen LogP contribution in [0.1, 0.15) is 7.43 Å². The van der Waals surface area contributed by atoms with E-state index in [0.29, 0.717) is 0 Å². The van der Waals surface area contributed by atoms with Crippen molar-refractivity contribution in [2.75, 3.05) is 61.6 Å². The molecule has 1 heterocycles. The number of ether oxygens (including phenoxy) is 1. The number of nitrogen functional groups attached to an aromatic ring is 2. The van der Waals surface area contributed by atoms with Crippen molar-refractivity contribution in [3.05, 3.63) is 48.5 Å². The molecule has 1 fully saturated rings. The second kappa shape index (κ2) is 17.0. The summed E-state index contributed by atoms with van der Waals surface area (Å²) in [4.78, 5) is 0. The van der Waals surface area contributed by atoms with Gasteiger partial charge >= 0.3 is 0 Å². The summed E-state index contributed by atoms with van der Waals surface area (Å²) in [6.07, 6.45) is -1.36. The molecule has 1 saturated heterocycles. The van der Waals surface area contributed by atoms with Gasteiger partial charge in [0.15, 0.2) is 0 Å². The maximum atomic E-state index is 9.17. The predicted octanol–water partition coefficient (Wildman–Crippen LogP) is 0.0814. The van der Waals surface area contributed by atoms with Crippen molar-refractivity contribution in [1.29, 1.82) is 0 Å². The maximum Gasteiger partial charge on any atom is 0.104 e. The van der Waals surface area contributed by atoms with Crippen LogP contribution in [0, 0.1) is 0 Å². The largest absolute Gasteiger partial charge is 0.399 e. The van der Waals surface area contributed by atoms with Gasteiger partial charge in [-0.15, -0.1) is 0 Å². The van der Waals surface area contributed by atoms with Gasteiger partial charge in [-0.1, -0.05) is 7.43 Å². The minimum absolute atomic E-state index is 0. The molecule has 32 heavy (non-hydrogen) atoms. The summed E-state index contributed by atoms with van der Waals surface area (Å²) in [5.74, 6) is 0. The first-order valence-corrected chi connectivity index (χ1v) is 9.87. The molecule has 3 atom stereocenters. The molecule has 10 heteroatoms. The minimum Gasteiger partial charge on any atom is -0.399 e. The normalized spacial score (nSPS) is 15.5. The topological polar surface area (TPSA) is 190 Å². The van der Waals surface area contributed by atoms with Crippen LogP contribution in [0.15, 0.2) is 48.5 Å². The van der Waals surface area contributed by atoms with Gasteiger partial charge in [0.2, 0.25) is 0 Å². The predicted molar refractivity (Wildman–Crippen MR) is 128 cm³/mol. The van der Waals surface area contributed by atoms with Crippen molar-refractivity contribution in [3.63, 3.8) is 0 Å². The molecule has 0 spiro atoms. The summed E-state index contributed by atoms with van der Waals surface area (Å²) in [5.41, 5.74) is 13.9. The van der Waals surface area contributed by atoms with Crippen molar-refractivity contribution < 1.29 is 30.3 Å². The molecule has 0 saturated carbocycles. The number of nitrogens with two attached hydrogens (primary N) is 2. The van der Waals surface area contributed by atoms with Crippen molar-refractivity contribution >= 4 is 22.7 Å². The van der Waals surface area contributed by atoms with Crippen LogP contribution in [0.2, 0.25) is 0 Å². The van der Waals surface area contributed by atoms with Crippen LogP contribution in [-0.2, 0) is 4.74 Å².